The van der Waals surface area contributed by atoms with E-state index in [4.69, 9.17) is 26.1 Å². The molecule has 0 bridgehead atoms. The Labute approximate surface area is 220 Å². The Morgan fingerprint density at radius 2 is 1.78 bits per heavy atom. The van der Waals surface area contributed by atoms with E-state index in [2.05, 4.69) is 31.5 Å². The summed E-state index contributed by atoms with van der Waals surface area (Å²) in [5.41, 5.74) is 3.07. The van der Waals surface area contributed by atoms with Gasteiger partial charge in [-0.1, -0.05) is 36.4 Å². The van der Waals surface area contributed by atoms with Gasteiger partial charge in [0.2, 0.25) is 5.89 Å². The average Bonchev–Trinajstić information content (AvgIpc) is 3.33. The van der Waals surface area contributed by atoms with Crippen molar-refractivity contribution in [3.63, 3.8) is 0 Å². The summed E-state index contributed by atoms with van der Waals surface area (Å²) in [6, 6.07) is 22.4. The van der Waals surface area contributed by atoms with Gasteiger partial charge >= 0.3 is 0 Å². The second-order valence-corrected chi connectivity index (χ2v) is 9.00. The van der Waals surface area contributed by atoms with Crippen molar-refractivity contribution in [2.45, 2.75) is 0 Å². The zero-order valence-electron chi connectivity index (χ0n) is 19.3. The van der Waals surface area contributed by atoms with Crippen LogP contribution in [0.25, 0.3) is 33.3 Å². The Morgan fingerprint density at radius 1 is 1.00 bits per heavy atom. The molecule has 0 fully saturated rings. The zero-order chi connectivity index (χ0) is 25.2. The molecule has 1 amide bonds. The number of fused-ring (bicyclic) bond motifs is 2. The third-order valence-corrected chi connectivity index (χ3v) is 6.60. The largest absolute Gasteiger partial charge is 0.495 e. The molecule has 0 radical (unpaired) electrons. The zero-order valence-corrected chi connectivity index (χ0v) is 21.7. The molecule has 0 atom stereocenters. The average molecular weight is 562 g/mol. The molecule has 0 unspecified atom stereocenters. The Balaban J connectivity index is 1.41. The number of anilines is 1. The van der Waals surface area contributed by atoms with E-state index >= 15 is 0 Å². The standard InChI is InChI=1S/C27H20BrN3O4S/c1-33-21-12-11-16(26-29-19-9-5-6-10-22(19)35-26)14-20(21)30-27(36)31-25(32)18-13-15-7-3-4-8-17(15)23(28)24(18)34-2/h3-14H,1-2H3,(H2,30,31,32,36). The number of carbonyl (C=O) groups is 1. The van der Waals surface area contributed by atoms with E-state index in [1.54, 1.807) is 25.3 Å². The molecule has 5 aromatic rings. The number of hydrogen-bond acceptors (Lipinski definition) is 6. The van der Waals surface area contributed by atoms with E-state index < -0.39 is 5.91 Å². The van der Waals surface area contributed by atoms with Crippen LogP contribution in [0.2, 0.25) is 0 Å². The maximum Gasteiger partial charge on any atom is 0.261 e. The van der Waals surface area contributed by atoms with E-state index in [1.807, 2.05) is 54.6 Å². The summed E-state index contributed by atoms with van der Waals surface area (Å²) in [6.45, 7) is 0. The minimum absolute atomic E-state index is 0.0966. The van der Waals surface area contributed by atoms with Gasteiger partial charge in [-0.3, -0.25) is 10.1 Å². The molecule has 0 aliphatic heterocycles. The third-order valence-electron chi connectivity index (χ3n) is 5.61. The summed E-state index contributed by atoms with van der Waals surface area (Å²) in [7, 11) is 3.07. The highest BCUT2D eigenvalue weighted by atomic mass is 79.9. The molecule has 1 aromatic heterocycles. The van der Waals surface area contributed by atoms with Gasteiger partial charge < -0.3 is 19.2 Å². The molecule has 0 aliphatic carbocycles. The Bertz CT molecular complexity index is 1600. The van der Waals surface area contributed by atoms with Gasteiger partial charge in [0.1, 0.15) is 17.0 Å². The number of nitrogens with zero attached hydrogens (tertiary/aromatic N) is 1. The highest BCUT2D eigenvalue weighted by Crippen LogP contribution is 2.37. The van der Waals surface area contributed by atoms with Gasteiger partial charge in [-0.25, -0.2) is 4.98 Å². The number of halogens is 1. The lowest BCUT2D eigenvalue weighted by atomic mass is 10.1. The molecule has 5 rings (SSSR count). The summed E-state index contributed by atoms with van der Waals surface area (Å²) in [4.78, 5) is 17.7. The van der Waals surface area contributed by atoms with E-state index in [0.29, 0.717) is 38.7 Å². The summed E-state index contributed by atoms with van der Waals surface area (Å²) in [5, 5.41) is 7.70. The first kappa shape index (κ1) is 23.8. The monoisotopic (exact) mass is 561 g/mol. The van der Waals surface area contributed by atoms with E-state index in [-0.39, 0.29) is 5.11 Å². The van der Waals surface area contributed by atoms with Crippen LogP contribution in [0.3, 0.4) is 0 Å². The normalized spacial score (nSPS) is 10.9. The van der Waals surface area contributed by atoms with Crippen LogP contribution in [0, 0.1) is 0 Å². The molecule has 180 valence electrons. The maximum absolute atomic E-state index is 13.2. The predicted molar refractivity (Wildman–Crippen MR) is 148 cm³/mol. The molecule has 1 heterocycles. The third kappa shape index (κ3) is 4.50. The molecule has 2 N–H and O–H groups in total. The second-order valence-electron chi connectivity index (χ2n) is 7.80. The van der Waals surface area contributed by atoms with Crippen molar-refractivity contribution in [2.75, 3.05) is 19.5 Å². The van der Waals surface area contributed by atoms with Crippen molar-refractivity contribution in [2.24, 2.45) is 0 Å². The Hall–Kier alpha value is -3.95. The number of para-hydroxylation sites is 2. The number of aromatic nitrogens is 1. The van der Waals surface area contributed by atoms with Gasteiger partial charge in [-0.05, 0) is 75.3 Å². The molecular formula is C27H20BrN3O4S. The summed E-state index contributed by atoms with van der Waals surface area (Å²) in [6.07, 6.45) is 0. The van der Waals surface area contributed by atoms with Crippen LogP contribution in [0.15, 0.2) is 81.7 Å². The van der Waals surface area contributed by atoms with Crippen molar-refractivity contribution in [3.8, 4) is 23.0 Å². The molecule has 0 saturated heterocycles. The SMILES string of the molecule is COc1ccc(-c2nc3ccccc3o2)cc1NC(=S)NC(=O)c1cc2ccccc2c(Br)c1OC. The van der Waals surface area contributed by atoms with Crippen molar-refractivity contribution in [3.05, 3.63) is 82.8 Å². The molecule has 0 saturated carbocycles. The number of thiocarbonyl (C=S) groups is 1. The highest BCUT2D eigenvalue weighted by molar-refractivity contribution is 9.10. The molecule has 36 heavy (non-hydrogen) atoms. The molecule has 7 nitrogen and oxygen atoms in total. The van der Waals surface area contributed by atoms with Crippen LogP contribution in [0.5, 0.6) is 11.5 Å². The summed E-state index contributed by atoms with van der Waals surface area (Å²) < 4.78 is 17.6. The number of methoxy groups -OCH3 is 2. The molecule has 4 aromatic carbocycles. The maximum atomic E-state index is 13.2. The van der Waals surface area contributed by atoms with Gasteiger partial charge in [0.05, 0.1) is 29.9 Å². The Kier molecular flexibility index (Phi) is 6.58. The lowest BCUT2D eigenvalue weighted by molar-refractivity contribution is 0.0975. The van der Waals surface area contributed by atoms with E-state index in [0.717, 1.165) is 21.9 Å². The van der Waals surface area contributed by atoms with Crippen molar-refractivity contribution >= 4 is 66.7 Å². The minimum Gasteiger partial charge on any atom is -0.495 e. The molecule has 9 heteroatoms. The topological polar surface area (TPSA) is 85.6 Å². The van der Waals surface area contributed by atoms with Crippen molar-refractivity contribution in [1.82, 2.24) is 10.3 Å². The van der Waals surface area contributed by atoms with Crippen LogP contribution in [-0.2, 0) is 0 Å². The number of carbonyl (C=O) groups excluding carboxylic acids is 1. The summed E-state index contributed by atoms with van der Waals surface area (Å²) >= 11 is 9.01. The van der Waals surface area contributed by atoms with Crippen LogP contribution in [0.4, 0.5) is 5.69 Å². The number of benzene rings is 4. The van der Waals surface area contributed by atoms with Gasteiger partial charge in [0.25, 0.3) is 5.91 Å². The number of nitrogens with one attached hydrogen (secondary N) is 2. The van der Waals surface area contributed by atoms with Crippen LogP contribution in [-0.4, -0.2) is 30.2 Å². The first-order valence-corrected chi connectivity index (χ1v) is 12.1. The first-order chi connectivity index (χ1) is 17.5. The number of oxazole rings is 1. The van der Waals surface area contributed by atoms with Crippen molar-refractivity contribution in [1.29, 1.82) is 0 Å². The van der Waals surface area contributed by atoms with Crippen LogP contribution < -0.4 is 20.1 Å². The summed E-state index contributed by atoms with van der Waals surface area (Å²) in [5.74, 6) is 1.01. The molecule has 0 aliphatic rings. The van der Waals surface area contributed by atoms with E-state index in [9.17, 15) is 4.79 Å². The van der Waals surface area contributed by atoms with Gasteiger partial charge in [0.15, 0.2) is 10.7 Å². The lowest BCUT2D eigenvalue weighted by Gasteiger charge is -2.16. The van der Waals surface area contributed by atoms with Gasteiger partial charge in [-0.15, -0.1) is 0 Å². The van der Waals surface area contributed by atoms with Crippen LogP contribution >= 0.6 is 28.1 Å². The van der Waals surface area contributed by atoms with Crippen molar-refractivity contribution < 1.29 is 18.7 Å². The fourth-order valence-corrected chi connectivity index (χ4v) is 4.85. The number of hydrogen-bond donors (Lipinski definition) is 2. The number of rotatable bonds is 5. The quantitative estimate of drug-likeness (QED) is 0.235. The second kappa shape index (κ2) is 9.96. The molecular weight excluding hydrogens is 542 g/mol. The van der Waals surface area contributed by atoms with E-state index in [1.165, 1.54) is 7.11 Å². The smallest absolute Gasteiger partial charge is 0.261 e. The fraction of sp³-hybridized carbons (Fsp3) is 0.0741. The Morgan fingerprint density at radius 3 is 2.56 bits per heavy atom. The number of ether oxygens (including phenoxy) is 2. The van der Waals surface area contributed by atoms with Gasteiger partial charge in [0, 0.05) is 5.56 Å². The lowest BCUT2D eigenvalue weighted by Crippen LogP contribution is -2.34. The first-order valence-electron chi connectivity index (χ1n) is 10.9. The predicted octanol–water partition coefficient (Wildman–Crippen LogP) is 6.55. The minimum atomic E-state index is -0.412. The fourth-order valence-electron chi connectivity index (χ4n) is 3.91. The van der Waals surface area contributed by atoms with Crippen LogP contribution in [0.1, 0.15) is 10.4 Å². The van der Waals surface area contributed by atoms with Gasteiger partial charge in [-0.2, -0.15) is 0 Å². The molecule has 0 spiro atoms. The highest BCUT2D eigenvalue weighted by Gasteiger charge is 2.20. The number of amides is 1.